The van der Waals surface area contributed by atoms with E-state index >= 15 is 0 Å². The van der Waals surface area contributed by atoms with Gasteiger partial charge in [-0.25, -0.2) is 0 Å². The molecule has 0 saturated heterocycles. The molecule has 0 aliphatic rings. The number of benzene rings is 1. The van der Waals surface area contributed by atoms with Crippen LogP contribution in [-0.2, 0) is 4.79 Å². The third-order valence-electron chi connectivity index (χ3n) is 1.48. The number of hydrogen-bond acceptors (Lipinski definition) is 2. The van der Waals surface area contributed by atoms with Gasteiger partial charge >= 0.3 is 0 Å². The third-order valence-corrected chi connectivity index (χ3v) is 1.48. The molecule has 0 amide bonds. The van der Waals surface area contributed by atoms with Crippen molar-refractivity contribution >= 4 is 11.6 Å². The highest BCUT2D eigenvalue weighted by Gasteiger charge is 2.12. The number of carbonyl (C=O) groups is 2. The fourth-order valence-electron chi connectivity index (χ4n) is 0.891. The van der Waals surface area contributed by atoms with Crippen LogP contribution in [0.1, 0.15) is 17.3 Å². The van der Waals surface area contributed by atoms with Crippen molar-refractivity contribution in [3.63, 3.8) is 0 Å². The van der Waals surface area contributed by atoms with Gasteiger partial charge in [0.05, 0.1) is 0 Å². The smallest absolute Gasteiger partial charge is 0.276 e. The van der Waals surface area contributed by atoms with Crippen molar-refractivity contribution in [2.75, 3.05) is 0 Å². The second-order valence-corrected chi connectivity index (χ2v) is 2.40. The van der Waals surface area contributed by atoms with Crippen molar-refractivity contribution in [3.05, 3.63) is 35.9 Å². The molecule has 0 atom stereocenters. The molecule has 0 unspecified atom stereocenters. The average molecular weight is 172 g/mol. The predicted molar refractivity (Wildman–Crippen MR) is 49.2 cm³/mol. The normalized spacial score (nSPS) is 8.38. The van der Waals surface area contributed by atoms with Crippen LogP contribution in [0.4, 0.5) is 0 Å². The molecule has 0 aliphatic heterocycles. The van der Waals surface area contributed by atoms with Crippen molar-refractivity contribution in [3.8, 4) is 11.8 Å². The molecule has 1 aromatic carbocycles. The summed E-state index contributed by atoms with van der Waals surface area (Å²) in [7, 11) is 0. The van der Waals surface area contributed by atoms with Gasteiger partial charge in [-0.2, -0.15) is 0 Å². The Kier molecular flexibility index (Phi) is 2.99. The van der Waals surface area contributed by atoms with Gasteiger partial charge in [0.25, 0.3) is 5.78 Å². The maximum atomic E-state index is 11.3. The van der Waals surface area contributed by atoms with E-state index in [4.69, 9.17) is 0 Å². The molecule has 0 saturated carbocycles. The highest BCUT2D eigenvalue weighted by atomic mass is 16.2. The van der Waals surface area contributed by atoms with Gasteiger partial charge in [-0.05, 0) is 12.8 Å². The largest absolute Gasteiger partial charge is 0.284 e. The van der Waals surface area contributed by atoms with Gasteiger partial charge in [-0.1, -0.05) is 36.3 Å². The first kappa shape index (κ1) is 9.21. The zero-order valence-electron chi connectivity index (χ0n) is 7.20. The molecule has 0 fully saturated rings. The summed E-state index contributed by atoms with van der Waals surface area (Å²) in [5.74, 6) is 3.40. The van der Waals surface area contributed by atoms with Gasteiger partial charge in [0.15, 0.2) is 0 Å². The van der Waals surface area contributed by atoms with E-state index in [0.29, 0.717) is 5.56 Å². The minimum Gasteiger partial charge on any atom is -0.284 e. The Hall–Kier alpha value is -1.88. The Morgan fingerprint density at radius 3 is 2.31 bits per heavy atom. The van der Waals surface area contributed by atoms with Crippen LogP contribution in [0.5, 0.6) is 0 Å². The summed E-state index contributed by atoms with van der Waals surface area (Å²) in [6.07, 6.45) is 0. The summed E-state index contributed by atoms with van der Waals surface area (Å²) in [6, 6.07) is 8.39. The minimum atomic E-state index is -0.659. The molecule has 0 bridgehead atoms. The van der Waals surface area contributed by atoms with Gasteiger partial charge in [0.2, 0.25) is 5.78 Å². The van der Waals surface area contributed by atoms with E-state index in [1.165, 1.54) is 6.92 Å². The Morgan fingerprint density at radius 1 is 1.15 bits per heavy atom. The highest BCUT2D eigenvalue weighted by molar-refractivity contribution is 6.49. The lowest BCUT2D eigenvalue weighted by molar-refractivity contribution is -0.110. The lowest BCUT2D eigenvalue weighted by Gasteiger charge is -1.92. The quantitative estimate of drug-likeness (QED) is 0.293. The first-order valence-corrected chi connectivity index (χ1v) is 3.82. The van der Waals surface area contributed by atoms with Crippen LogP contribution >= 0.6 is 0 Å². The average Bonchev–Trinajstić information content (AvgIpc) is 2.18. The molecular weight excluding hydrogens is 164 g/mol. The molecular formula is C11H8O2. The van der Waals surface area contributed by atoms with Crippen molar-refractivity contribution in [2.24, 2.45) is 0 Å². The molecule has 2 heteroatoms. The first-order chi connectivity index (χ1) is 6.25. The monoisotopic (exact) mass is 172 g/mol. The summed E-state index contributed by atoms with van der Waals surface area (Å²) in [5.41, 5.74) is 0.384. The van der Waals surface area contributed by atoms with Crippen LogP contribution < -0.4 is 0 Å². The Balaban J connectivity index is 2.91. The third kappa shape index (κ3) is 2.28. The molecule has 2 nitrogen and oxygen atoms in total. The molecule has 0 radical (unpaired) electrons. The van der Waals surface area contributed by atoms with Crippen LogP contribution in [0.15, 0.2) is 30.3 Å². The molecule has 64 valence electrons. The zero-order chi connectivity index (χ0) is 9.68. The maximum Gasteiger partial charge on any atom is 0.276 e. The van der Waals surface area contributed by atoms with E-state index in [2.05, 4.69) is 11.8 Å². The highest BCUT2D eigenvalue weighted by Crippen LogP contribution is 1.99. The van der Waals surface area contributed by atoms with Crippen LogP contribution in [0.3, 0.4) is 0 Å². The second kappa shape index (κ2) is 4.22. The van der Waals surface area contributed by atoms with Crippen molar-refractivity contribution < 1.29 is 9.59 Å². The standard InChI is InChI=1S/C11H8O2/c1-2-6-10(12)11(13)9-7-4-3-5-8-9/h3-5,7-8H,1H3. The lowest BCUT2D eigenvalue weighted by atomic mass is 10.1. The van der Waals surface area contributed by atoms with Crippen molar-refractivity contribution in [2.45, 2.75) is 6.92 Å². The fraction of sp³-hybridized carbons (Fsp3) is 0.0909. The van der Waals surface area contributed by atoms with Crippen LogP contribution in [0, 0.1) is 11.8 Å². The minimum absolute atomic E-state index is 0.384. The maximum absolute atomic E-state index is 11.3. The van der Waals surface area contributed by atoms with E-state index in [1.807, 2.05) is 0 Å². The summed E-state index contributed by atoms with van der Waals surface area (Å²) in [5, 5.41) is 0. The summed E-state index contributed by atoms with van der Waals surface area (Å²) < 4.78 is 0. The summed E-state index contributed by atoms with van der Waals surface area (Å²) in [4.78, 5) is 22.3. The lowest BCUT2D eigenvalue weighted by Crippen LogP contribution is -2.11. The van der Waals surface area contributed by atoms with Crippen LogP contribution in [0.2, 0.25) is 0 Å². The van der Waals surface area contributed by atoms with Gasteiger partial charge < -0.3 is 0 Å². The summed E-state index contributed by atoms with van der Waals surface area (Å²) >= 11 is 0. The molecule has 0 aliphatic carbocycles. The van der Waals surface area contributed by atoms with E-state index in [0.717, 1.165) is 0 Å². The molecule has 0 spiro atoms. The zero-order valence-corrected chi connectivity index (χ0v) is 7.20. The topological polar surface area (TPSA) is 34.1 Å². The number of ketones is 2. The van der Waals surface area contributed by atoms with E-state index in [-0.39, 0.29) is 0 Å². The van der Waals surface area contributed by atoms with E-state index < -0.39 is 11.6 Å². The Labute approximate surface area is 76.6 Å². The van der Waals surface area contributed by atoms with Crippen LogP contribution in [0.25, 0.3) is 0 Å². The molecule has 13 heavy (non-hydrogen) atoms. The predicted octanol–water partition coefficient (Wildman–Crippen LogP) is 1.46. The molecule has 0 aromatic heterocycles. The Morgan fingerprint density at radius 2 is 1.77 bits per heavy atom. The van der Waals surface area contributed by atoms with E-state index in [1.54, 1.807) is 30.3 Å². The van der Waals surface area contributed by atoms with Crippen molar-refractivity contribution in [1.82, 2.24) is 0 Å². The second-order valence-electron chi connectivity index (χ2n) is 2.40. The van der Waals surface area contributed by atoms with Crippen LogP contribution in [-0.4, -0.2) is 11.6 Å². The number of hydrogen-bond donors (Lipinski definition) is 0. The first-order valence-electron chi connectivity index (χ1n) is 3.82. The van der Waals surface area contributed by atoms with E-state index in [9.17, 15) is 9.59 Å². The van der Waals surface area contributed by atoms with Crippen molar-refractivity contribution in [1.29, 1.82) is 0 Å². The summed E-state index contributed by atoms with van der Waals surface area (Å²) in [6.45, 7) is 1.52. The Bertz CT molecular complexity index is 380. The molecule has 1 rings (SSSR count). The van der Waals surface area contributed by atoms with Gasteiger partial charge in [0.1, 0.15) is 0 Å². The molecule has 0 heterocycles. The van der Waals surface area contributed by atoms with Gasteiger partial charge in [-0.3, -0.25) is 9.59 Å². The molecule has 1 aromatic rings. The molecule has 0 N–H and O–H groups in total. The SMILES string of the molecule is CC#CC(=O)C(=O)c1ccccc1. The van der Waals surface area contributed by atoms with Gasteiger partial charge in [-0.15, -0.1) is 0 Å². The number of carbonyl (C=O) groups excluding carboxylic acids is 2. The number of Topliss-reactive ketones (excluding diaryl/α,β-unsaturated/α-hetero) is 2. The number of rotatable bonds is 2. The van der Waals surface area contributed by atoms with Gasteiger partial charge in [0, 0.05) is 5.56 Å². The fourth-order valence-corrected chi connectivity index (χ4v) is 0.891.